The summed E-state index contributed by atoms with van der Waals surface area (Å²) in [5.74, 6) is 0.131. The molecule has 0 saturated heterocycles. The van der Waals surface area contributed by atoms with Crippen molar-refractivity contribution in [1.82, 2.24) is 4.57 Å². The van der Waals surface area contributed by atoms with E-state index in [4.69, 9.17) is 18.0 Å². The highest BCUT2D eigenvalue weighted by molar-refractivity contribution is 7.91. The van der Waals surface area contributed by atoms with Crippen LogP contribution in [0.15, 0.2) is 30.5 Å². The van der Waals surface area contributed by atoms with Crippen LogP contribution in [0.4, 0.5) is 0 Å². The van der Waals surface area contributed by atoms with Crippen LogP contribution >= 0.6 is 12.2 Å². The van der Waals surface area contributed by atoms with E-state index < -0.39 is 9.84 Å². The highest BCUT2D eigenvalue weighted by Gasteiger charge is 2.16. The first-order valence-electron chi connectivity index (χ1n) is 6.41. The maximum absolute atomic E-state index is 11.9. The lowest BCUT2D eigenvalue weighted by Gasteiger charge is -2.10. The van der Waals surface area contributed by atoms with E-state index in [1.165, 1.54) is 0 Å². The van der Waals surface area contributed by atoms with Gasteiger partial charge >= 0.3 is 0 Å². The van der Waals surface area contributed by atoms with Crippen molar-refractivity contribution in [2.45, 2.75) is 25.6 Å². The second-order valence-corrected chi connectivity index (χ2v) is 8.18. The summed E-state index contributed by atoms with van der Waals surface area (Å²) in [5, 5.41) is 0.698. The molecule has 2 rings (SSSR count). The van der Waals surface area contributed by atoms with Crippen molar-refractivity contribution >= 4 is 37.9 Å². The van der Waals surface area contributed by atoms with Crippen molar-refractivity contribution in [2.75, 3.05) is 5.75 Å². The minimum atomic E-state index is -3.04. The first-order valence-corrected chi connectivity index (χ1v) is 8.54. The Bertz CT molecular complexity index is 746. The summed E-state index contributed by atoms with van der Waals surface area (Å²) in [7, 11) is -3.04. The van der Waals surface area contributed by atoms with E-state index >= 15 is 0 Å². The van der Waals surface area contributed by atoms with Gasteiger partial charge in [0.05, 0.1) is 11.0 Å². The molecule has 4 nitrogen and oxygen atoms in total. The summed E-state index contributed by atoms with van der Waals surface area (Å²) < 4.78 is 25.7. The molecule has 0 aliphatic carbocycles. The van der Waals surface area contributed by atoms with E-state index in [2.05, 4.69) is 0 Å². The molecule has 0 saturated carbocycles. The van der Waals surface area contributed by atoms with Crippen molar-refractivity contribution in [3.8, 4) is 0 Å². The van der Waals surface area contributed by atoms with Crippen molar-refractivity contribution in [3.05, 3.63) is 36.0 Å². The molecule has 0 atom stereocenters. The van der Waals surface area contributed by atoms with E-state index in [1.54, 1.807) is 13.8 Å². The van der Waals surface area contributed by atoms with Crippen LogP contribution in [0.3, 0.4) is 0 Å². The number of hydrogen-bond donors (Lipinski definition) is 1. The Labute approximate surface area is 124 Å². The quantitative estimate of drug-likeness (QED) is 0.859. The Hall–Kier alpha value is -1.40. The van der Waals surface area contributed by atoms with Gasteiger partial charge < -0.3 is 10.3 Å². The van der Waals surface area contributed by atoms with Gasteiger partial charge in [-0.2, -0.15) is 0 Å². The lowest BCUT2D eigenvalue weighted by atomic mass is 10.1. The molecule has 0 aliphatic rings. The molecule has 0 aliphatic heterocycles. The van der Waals surface area contributed by atoms with Crippen molar-refractivity contribution in [3.63, 3.8) is 0 Å². The molecule has 1 aromatic heterocycles. The summed E-state index contributed by atoms with van der Waals surface area (Å²) in [4.78, 5) is 0.342. The molecule has 2 aromatic rings. The molecule has 1 heterocycles. The molecule has 0 spiro atoms. The average molecular weight is 310 g/mol. The molecule has 0 amide bonds. The van der Waals surface area contributed by atoms with Crippen LogP contribution in [0.25, 0.3) is 10.9 Å². The van der Waals surface area contributed by atoms with Gasteiger partial charge in [-0.3, -0.25) is 0 Å². The molecule has 0 radical (unpaired) electrons. The molecular formula is C14H18N2O2S2. The van der Waals surface area contributed by atoms with Gasteiger partial charge in [-0.15, -0.1) is 0 Å². The standard InChI is InChI=1S/C14H18N2O2S2/c1-10(2)20(17,18)8-7-16-6-5-11-3-4-12(14(15)19)9-13(11)16/h3-6,9-10H,7-8H2,1-2H3,(H2,15,19). The second-order valence-electron chi connectivity index (χ2n) is 5.06. The van der Waals surface area contributed by atoms with Gasteiger partial charge in [0.2, 0.25) is 0 Å². The van der Waals surface area contributed by atoms with E-state index in [1.807, 2.05) is 35.0 Å². The van der Waals surface area contributed by atoms with E-state index in [0.717, 1.165) is 16.5 Å². The smallest absolute Gasteiger partial charge is 0.154 e. The Morgan fingerprint density at radius 2 is 2.05 bits per heavy atom. The number of aromatic nitrogens is 1. The normalized spacial score (nSPS) is 12.2. The Balaban J connectivity index is 2.31. The van der Waals surface area contributed by atoms with Crippen LogP contribution in [-0.4, -0.2) is 29.0 Å². The SMILES string of the molecule is CC(C)S(=O)(=O)CCn1ccc2ccc(C(N)=S)cc21. The summed E-state index contributed by atoms with van der Waals surface area (Å²) >= 11 is 4.97. The molecule has 6 heteroatoms. The fourth-order valence-electron chi connectivity index (χ4n) is 1.99. The fraction of sp³-hybridized carbons (Fsp3) is 0.357. The zero-order chi connectivity index (χ0) is 14.9. The van der Waals surface area contributed by atoms with Crippen LogP contribution < -0.4 is 5.73 Å². The zero-order valence-electron chi connectivity index (χ0n) is 11.5. The minimum Gasteiger partial charge on any atom is -0.389 e. The number of nitrogens with two attached hydrogens (primary N) is 1. The van der Waals surface area contributed by atoms with E-state index in [0.29, 0.717) is 11.5 Å². The van der Waals surface area contributed by atoms with Gasteiger partial charge in [-0.25, -0.2) is 8.42 Å². The van der Waals surface area contributed by atoms with Crippen LogP contribution in [0, 0.1) is 0 Å². The summed E-state index contributed by atoms with van der Waals surface area (Å²) in [6.07, 6.45) is 1.89. The first kappa shape index (κ1) is 15.0. The maximum atomic E-state index is 11.9. The van der Waals surface area contributed by atoms with Gasteiger partial charge in [0.1, 0.15) is 4.99 Å². The Morgan fingerprint density at radius 1 is 1.35 bits per heavy atom. The summed E-state index contributed by atoms with van der Waals surface area (Å²) in [6, 6.07) is 7.68. The number of benzene rings is 1. The van der Waals surface area contributed by atoms with Gasteiger partial charge in [-0.1, -0.05) is 24.4 Å². The monoisotopic (exact) mass is 310 g/mol. The predicted octanol–water partition coefficient (Wildman–Crippen LogP) is 2.10. The molecule has 108 valence electrons. The largest absolute Gasteiger partial charge is 0.389 e. The maximum Gasteiger partial charge on any atom is 0.154 e. The highest BCUT2D eigenvalue weighted by Crippen LogP contribution is 2.18. The third kappa shape index (κ3) is 3.02. The number of fused-ring (bicyclic) bond motifs is 1. The Kier molecular flexibility index (Phi) is 4.15. The predicted molar refractivity (Wildman–Crippen MR) is 86.7 cm³/mol. The van der Waals surface area contributed by atoms with Gasteiger partial charge in [0.15, 0.2) is 9.84 Å². The van der Waals surface area contributed by atoms with Crippen molar-refractivity contribution < 1.29 is 8.42 Å². The average Bonchev–Trinajstić information content (AvgIpc) is 2.78. The molecule has 1 aromatic carbocycles. The molecule has 20 heavy (non-hydrogen) atoms. The number of sulfone groups is 1. The summed E-state index contributed by atoms with van der Waals surface area (Å²) in [5.41, 5.74) is 7.38. The van der Waals surface area contributed by atoms with Crippen LogP contribution in [0.1, 0.15) is 19.4 Å². The van der Waals surface area contributed by atoms with E-state index in [-0.39, 0.29) is 11.0 Å². The van der Waals surface area contributed by atoms with Crippen LogP contribution in [-0.2, 0) is 16.4 Å². The number of aryl methyl sites for hydroxylation is 1. The molecule has 0 fully saturated rings. The van der Waals surface area contributed by atoms with Crippen LogP contribution in [0.5, 0.6) is 0 Å². The first-order chi connectivity index (χ1) is 9.31. The minimum absolute atomic E-state index is 0.131. The number of hydrogen-bond acceptors (Lipinski definition) is 3. The molecule has 0 bridgehead atoms. The molecule has 0 unspecified atom stereocenters. The third-order valence-electron chi connectivity index (χ3n) is 3.39. The van der Waals surface area contributed by atoms with Gasteiger partial charge in [-0.05, 0) is 31.4 Å². The number of thiocarbonyl (C=S) groups is 1. The van der Waals surface area contributed by atoms with E-state index in [9.17, 15) is 8.42 Å². The van der Waals surface area contributed by atoms with Crippen LogP contribution in [0.2, 0.25) is 0 Å². The molecular weight excluding hydrogens is 292 g/mol. The topological polar surface area (TPSA) is 65.1 Å². The zero-order valence-corrected chi connectivity index (χ0v) is 13.2. The lowest BCUT2D eigenvalue weighted by Crippen LogP contribution is -2.20. The van der Waals surface area contributed by atoms with Gasteiger partial charge in [0, 0.05) is 23.8 Å². The number of rotatable bonds is 5. The third-order valence-corrected chi connectivity index (χ3v) is 5.82. The molecule has 2 N–H and O–H groups in total. The van der Waals surface area contributed by atoms with Crippen molar-refractivity contribution in [2.24, 2.45) is 5.73 Å². The van der Waals surface area contributed by atoms with Gasteiger partial charge in [0.25, 0.3) is 0 Å². The lowest BCUT2D eigenvalue weighted by molar-refractivity contribution is 0.581. The second kappa shape index (κ2) is 5.54. The summed E-state index contributed by atoms with van der Waals surface area (Å²) in [6.45, 7) is 3.84. The van der Waals surface area contributed by atoms with Crippen molar-refractivity contribution in [1.29, 1.82) is 0 Å². The Morgan fingerprint density at radius 3 is 2.65 bits per heavy atom. The fourth-order valence-corrected chi connectivity index (χ4v) is 3.04. The number of nitrogens with zero attached hydrogens (tertiary/aromatic N) is 1. The highest BCUT2D eigenvalue weighted by atomic mass is 32.2.